The van der Waals surface area contributed by atoms with E-state index >= 15 is 0 Å². The maximum atomic E-state index is 6.21. The van der Waals surface area contributed by atoms with Gasteiger partial charge in [0.1, 0.15) is 22.3 Å². The molecule has 11 rings (SSSR count). The largest absolute Gasteiger partial charge is 0.456 e. The molecule has 0 atom stereocenters. The molecule has 0 aliphatic carbocycles. The lowest BCUT2D eigenvalue weighted by Gasteiger charge is -2.11. The van der Waals surface area contributed by atoms with Crippen LogP contribution < -0.4 is 0 Å². The number of pyridine rings is 1. The smallest absolute Gasteiger partial charge is 0.238 e. The molecule has 0 bridgehead atoms. The standard InChI is InChI=1S/C44H25N5O2/c1-2-9-26(10-3-1)42-46-43(31-13-8-16-40-41(31)34-25-45-22-21-39(34)51-40)48-44(47-42)49-35-14-6-4-11-29(35)32-23-27(17-19-36(32)49)28-18-20-38-33(24-28)30-12-5-7-15-37(30)50-38/h1-25H. The molecule has 0 unspecified atom stereocenters. The molecular formula is C44H25N5O2. The first-order chi connectivity index (χ1) is 25.3. The summed E-state index contributed by atoms with van der Waals surface area (Å²) in [4.78, 5) is 19.8. The number of fused-ring (bicyclic) bond motifs is 9. The van der Waals surface area contributed by atoms with Crippen LogP contribution in [-0.4, -0.2) is 24.5 Å². The van der Waals surface area contributed by atoms with Gasteiger partial charge in [-0.05, 0) is 59.7 Å². The summed E-state index contributed by atoms with van der Waals surface area (Å²) in [5, 5.41) is 6.28. The van der Waals surface area contributed by atoms with Gasteiger partial charge in [0.05, 0.1) is 11.0 Å². The minimum absolute atomic E-state index is 0.534. The van der Waals surface area contributed by atoms with Crippen LogP contribution in [0, 0.1) is 0 Å². The van der Waals surface area contributed by atoms with Crippen molar-refractivity contribution in [3.05, 3.63) is 152 Å². The van der Waals surface area contributed by atoms with Crippen molar-refractivity contribution < 1.29 is 8.83 Å². The first kappa shape index (κ1) is 27.8. The SMILES string of the molecule is c1ccc(-c2nc(-c3cccc4oc5ccncc5c34)nc(-n3c4ccccc4c4cc(-c5ccc6oc7ccccc7c6c5)ccc43)n2)cc1. The zero-order chi connectivity index (χ0) is 33.5. The quantitative estimate of drug-likeness (QED) is 0.188. The van der Waals surface area contributed by atoms with Crippen LogP contribution in [0.2, 0.25) is 0 Å². The van der Waals surface area contributed by atoms with Gasteiger partial charge in [-0.25, -0.2) is 4.98 Å². The maximum absolute atomic E-state index is 6.21. The zero-order valence-corrected chi connectivity index (χ0v) is 27.0. The summed E-state index contributed by atoms with van der Waals surface area (Å²) >= 11 is 0. The van der Waals surface area contributed by atoms with Gasteiger partial charge in [-0.2, -0.15) is 9.97 Å². The Morgan fingerprint density at radius 1 is 0.431 bits per heavy atom. The normalized spacial score (nSPS) is 11.9. The molecular weight excluding hydrogens is 631 g/mol. The molecule has 0 spiro atoms. The van der Waals surface area contributed by atoms with Crippen LogP contribution in [0.3, 0.4) is 0 Å². The topological polar surface area (TPSA) is 82.8 Å². The van der Waals surface area contributed by atoms with Crippen LogP contribution >= 0.6 is 0 Å². The molecule has 6 aromatic carbocycles. The van der Waals surface area contributed by atoms with Gasteiger partial charge in [0, 0.05) is 55.8 Å². The van der Waals surface area contributed by atoms with Crippen molar-refractivity contribution in [1.29, 1.82) is 0 Å². The second kappa shape index (κ2) is 10.7. The summed E-state index contributed by atoms with van der Waals surface area (Å²) in [6.07, 6.45) is 3.58. The first-order valence-electron chi connectivity index (χ1n) is 16.8. The van der Waals surface area contributed by atoms with Crippen molar-refractivity contribution in [2.24, 2.45) is 0 Å². The van der Waals surface area contributed by atoms with E-state index in [1.165, 1.54) is 0 Å². The molecule has 0 saturated carbocycles. The second-order valence-corrected chi connectivity index (χ2v) is 12.7. The third kappa shape index (κ3) is 4.25. The van der Waals surface area contributed by atoms with E-state index in [4.69, 9.17) is 23.8 Å². The lowest BCUT2D eigenvalue weighted by atomic mass is 10.0. The molecule has 0 fully saturated rings. The van der Waals surface area contributed by atoms with Gasteiger partial charge < -0.3 is 8.83 Å². The van der Waals surface area contributed by atoms with Crippen LogP contribution in [-0.2, 0) is 0 Å². The van der Waals surface area contributed by atoms with Crippen molar-refractivity contribution in [2.75, 3.05) is 0 Å². The number of aromatic nitrogens is 5. The summed E-state index contributed by atoms with van der Waals surface area (Å²) in [6.45, 7) is 0. The van der Waals surface area contributed by atoms with Gasteiger partial charge in [-0.15, -0.1) is 0 Å². The van der Waals surface area contributed by atoms with E-state index in [2.05, 4.69) is 82.3 Å². The Morgan fingerprint density at radius 2 is 1.12 bits per heavy atom. The van der Waals surface area contributed by atoms with E-state index in [9.17, 15) is 0 Å². The predicted octanol–water partition coefficient (Wildman–Crippen LogP) is 11.2. The molecule has 51 heavy (non-hydrogen) atoms. The Labute approximate surface area is 290 Å². The maximum Gasteiger partial charge on any atom is 0.238 e. The fourth-order valence-electron chi connectivity index (χ4n) is 7.43. The minimum Gasteiger partial charge on any atom is -0.456 e. The van der Waals surface area contributed by atoms with E-state index in [0.29, 0.717) is 17.6 Å². The minimum atomic E-state index is 0.534. The van der Waals surface area contributed by atoms with Gasteiger partial charge in [-0.1, -0.05) is 91.0 Å². The van der Waals surface area contributed by atoms with E-state index in [0.717, 1.165) is 87.9 Å². The summed E-state index contributed by atoms with van der Waals surface area (Å²) < 4.78 is 14.5. The van der Waals surface area contributed by atoms with Crippen LogP contribution in [0.5, 0.6) is 0 Å². The molecule has 7 heteroatoms. The summed E-state index contributed by atoms with van der Waals surface area (Å²) in [7, 11) is 0. The molecule has 7 nitrogen and oxygen atoms in total. The lowest BCUT2D eigenvalue weighted by molar-refractivity contribution is 0.668. The highest BCUT2D eigenvalue weighted by atomic mass is 16.3. The molecule has 0 aliphatic rings. The Kier molecular flexibility index (Phi) is 5.83. The average Bonchev–Trinajstić information content (AvgIpc) is 3.87. The van der Waals surface area contributed by atoms with Crippen LogP contribution in [0.15, 0.2) is 161 Å². The first-order valence-corrected chi connectivity index (χ1v) is 16.8. The van der Waals surface area contributed by atoms with Gasteiger partial charge >= 0.3 is 0 Å². The van der Waals surface area contributed by atoms with Crippen molar-refractivity contribution >= 4 is 65.7 Å². The van der Waals surface area contributed by atoms with Crippen molar-refractivity contribution in [1.82, 2.24) is 24.5 Å². The van der Waals surface area contributed by atoms with Gasteiger partial charge in [0.15, 0.2) is 11.6 Å². The van der Waals surface area contributed by atoms with E-state index < -0.39 is 0 Å². The molecule has 0 saturated heterocycles. The highest BCUT2D eigenvalue weighted by molar-refractivity contribution is 6.13. The number of para-hydroxylation sites is 2. The van der Waals surface area contributed by atoms with Gasteiger partial charge in [-0.3, -0.25) is 9.55 Å². The highest BCUT2D eigenvalue weighted by Gasteiger charge is 2.21. The lowest BCUT2D eigenvalue weighted by Crippen LogP contribution is -2.06. The Hall–Kier alpha value is -7.12. The number of nitrogens with zero attached hydrogens (tertiary/aromatic N) is 5. The Balaban J connectivity index is 1.15. The van der Waals surface area contributed by atoms with Crippen molar-refractivity contribution in [3.63, 3.8) is 0 Å². The summed E-state index contributed by atoms with van der Waals surface area (Å²) in [5.74, 6) is 1.67. The second-order valence-electron chi connectivity index (χ2n) is 12.7. The monoisotopic (exact) mass is 655 g/mol. The molecule has 0 aliphatic heterocycles. The van der Waals surface area contributed by atoms with Crippen molar-refractivity contribution in [3.8, 4) is 39.9 Å². The van der Waals surface area contributed by atoms with Gasteiger partial charge in [0.25, 0.3) is 0 Å². The number of benzene rings is 6. The number of hydrogen-bond acceptors (Lipinski definition) is 6. The number of rotatable bonds is 4. The molecule has 0 amide bonds. The highest BCUT2D eigenvalue weighted by Crippen LogP contribution is 2.39. The van der Waals surface area contributed by atoms with E-state index in [1.807, 2.05) is 72.9 Å². The number of furan rings is 2. The van der Waals surface area contributed by atoms with E-state index in [-0.39, 0.29) is 0 Å². The third-order valence-electron chi connectivity index (χ3n) is 9.78. The molecule has 5 heterocycles. The summed E-state index contributed by atoms with van der Waals surface area (Å²) in [6, 6.07) is 47.6. The molecule has 238 valence electrons. The Morgan fingerprint density at radius 3 is 2.04 bits per heavy atom. The third-order valence-corrected chi connectivity index (χ3v) is 9.78. The van der Waals surface area contributed by atoms with E-state index in [1.54, 1.807) is 6.20 Å². The van der Waals surface area contributed by atoms with Crippen molar-refractivity contribution in [2.45, 2.75) is 0 Å². The van der Waals surface area contributed by atoms with Gasteiger partial charge in [0.2, 0.25) is 5.95 Å². The Bertz CT molecular complexity index is 3160. The molecule has 11 aromatic rings. The molecule has 0 radical (unpaired) electrons. The summed E-state index contributed by atoms with van der Waals surface area (Å²) in [5.41, 5.74) is 9.30. The van der Waals surface area contributed by atoms with Crippen LogP contribution in [0.4, 0.5) is 0 Å². The van der Waals surface area contributed by atoms with Crippen LogP contribution in [0.25, 0.3) is 106 Å². The fraction of sp³-hybridized carbons (Fsp3) is 0. The fourth-order valence-corrected chi connectivity index (χ4v) is 7.43. The predicted molar refractivity (Wildman–Crippen MR) is 203 cm³/mol. The average molecular weight is 656 g/mol. The number of hydrogen-bond donors (Lipinski definition) is 0. The van der Waals surface area contributed by atoms with Crippen LogP contribution in [0.1, 0.15) is 0 Å². The zero-order valence-electron chi connectivity index (χ0n) is 27.0. The molecule has 5 aromatic heterocycles. The molecule has 0 N–H and O–H groups in total.